The van der Waals surface area contributed by atoms with Gasteiger partial charge in [0.05, 0.1) is 5.29 Å². The summed E-state index contributed by atoms with van der Waals surface area (Å²) in [5.74, 6) is 0. The number of nitrogens with zero attached hydrogens (tertiary/aromatic N) is 2. The summed E-state index contributed by atoms with van der Waals surface area (Å²) < 4.78 is 0. The highest BCUT2D eigenvalue weighted by atomic mass is 16.3. The van der Waals surface area contributed by atoms with E-state index in [1.807, 2.05) is 0 Å². The second-order valence-electron chi connectivity index (χ2n) is 1.54. The molecule has 0 bridgehead atoms. The van der Waals surface area contributed by atoms with E-state index in [9.17, 15) is 4.91 Å². The first-order valence-electron chi connectivity index (χ1n) is 2.46. The minimum atomic E-state index is 0.660. The van der Waals surface area contributed by atoms with E-state index in [2.05, 4.69) is 11.9 Å². The summed E-state index contributed by atoms with van der Waals surface area (Å²) in [4.78, 5) is 9.65. The Kier molecular flexibility index (Phi) is 3.84. The molecule has 0 atom stereocenters. The lowest BCUT2D eigenvalue weighted by atomic mass is 10.4. The van der Waals surface area contributed by atoms with Crippen molar-refractivity contribution in [1.82, 2.24) is 5.01 Å². The van der Waals surface area contributed by atoms with Crippen LogP contribution in [0.3, 0.4) is 0 Å². The van der Waals surface area contributed by atoms with Crippen molar-refractivity contribution in [3.05, 3.63) is 17.6 Å². The van der Waals surface area contributed by atoms with Crippen LogP contribution in [0.2, 0.25) is 0 Å². The Bertz CT molecular complexity index is 82.5. The lowest BCUT2D eigenvalue weighted by molar-refractivity contribution is 0.357. The Hall–Kier alpha value is -0.860. The maximum atomic E-state index is 9.65. The average molecular weight is 114 g/mol. The number of hydrogen-bond donors (Lipinski definition) is 0. The third-order valence-corrected chi connectivity index (χ3v) is 0.796. The van der Waals surface area contributed by atoms with Crippen molar-refractivity contribution in [1.29, 1.82) is 0 Å². The van der Waals surface area contributed by atoms with E-state index >= 15 is 0 Å². The van der Waals surface area contributed by atoms with Crippen LogP contribution in [0.1, 0.15) is 6.42 Å². The fraction of sp³-hybridized carbons (Fsp3) is 0.600. The van der Waals surface area contributed by atoms with Crippen LogP contribution in [-0.4, -0.2) is 18.6 Å². The highest BCUT2D eigenvalue weighted by molar-refractivity contribution is 4.66. The van der Waals surface area contributed by atoms with Crippen molar-refractivity contribution in [2.75, 3.05) is 13.6 Å². The van der Waals surface area contributed by atoms with Gasteiger partial charge in [0.1, 0.15) is 0 Å². The van der Waals surface area contributed by atoms with Gasteiger partial charge in [0.25, 0.3) is 0 Å². The molecule has 0 aromatic heterocycles. The highest BCUT2D eigenvalue weighted by Crippen LogP contribution is 1.85. The maximum absolute atomic E-state index is 9.65. The van der Waals surface area contributed by atoms with E-state index in [4.69, 9.17) is 0 Å². The third-order valence-electron chi connectivity index (χ3n) is 0.796. The zero-order chi connectivity index (χ0) is 6.41. The van der Waals surface area contributed by atoms with Gasteiger partial charge >= 0.3 is 0 Å². The van der Waals surface area contributed by atoms with E-state index in [-0.39, 0.29) is 0 Å². The fourth-order valence-electron chi connectivity index (χ4n) is 0.319. The van der Waals surface area contributed by atoms with E-state index in [0.717, 1.165) is 6.42 Å². The molecule has 0 spiro atoms. The molecule has 0 unspecified atom stereocenters. The quantitative estimate of drug-likeness (QED) is 0.312. The van der Waals surface area contributed by atoms with Gasteiger partial charge in [-0.3, -0.25) is 5.01 Å². The van der Waals surface area contributed by atoms with Gasteiger partial charge in [0.15, 0.2) is 0 Å². The topological polar surface area (TPSA) is 32.7 Å². The first kappa shape index (κ1) is 7.14. The van der Waals surface area contributed by atoms with Gasteiger partial charge in [0, 0.05) is 13.6 Å². The molecule has 0 amide bonds. The van der Waals surface area contributed by atoms with E-state index in [0.29, 0.717) is 6.54 Å². The smallest absolute Gasteiger partial charge is 0.0521 e. The molecule has 3 heteroatoms. The van der Waals surface area contributed by atoms with Crippen LogP contribution in [-0.2, 0) is 0 Å². The molecule has 3 nitrogen and oxygen atoms in total. The Morgan fingerprint density at radius 2 is 2.50 bits per heavy atom. The van der Waals surface area contributed by atoms with Crippen molar-refractivity contribution < 1.29 is 0 Å². The first-order chi connectivity index (χ1) is 3.81. The molecule has 46 valence electrons. The lowest BCUT2D eigenvalue weighted by Crippen LogP contribution is -2.09. The zero-order valence-corrected chi connectivity index (χ0v) is 5.00. The molecular formula is C5H10N2O. The summed E-state index contributed by atoms with van der Waals surface area (Å²) in [6.07, 6.45) is 2.56. The lowest BCUT2D eigenvalue weighted by Gasteiger charge is -2.03. The normalized spacial score (nSPS) is 8.12. The SMILES string of the molecule is C=CCCN(C)N=O. The van der Waals surface area contributed by atoms with E-state index < -0.39 is 0 Å². The molecule has 0 heterocycles. The van der Waals surface area contributed by atoms with Gasteiger partial charge in [-0.05, 0) is 6.42 Å². The molecule has 0 aliphatic carbocycles. The molecular weight excluding hydrogens is 104 g/mol. The maximum Gasteiger partial charge on any atom is 0.0521 e. The third kappa shape index (κ3) is 3.33. The molecule has 0 saturated carbocycles. The Morgan fingerprint density at radius 1 is 1.88 bits per heavy atom. The van der Waals surface area contributed by atoms with Gasteiger partial charge in [-0.15, -0.1) is 11.5 Å². The minimum Gasteiger partial charge on any atom is -0.264 e. The Balaban J connectivity index is 3.09. The second kappa shape index (κ2) is 4.30. The van der Waals surface area contributed by atoms with Crippen LogP contribution < -0.4 is 0 Å². The van der Waals surface area contributed by atoms with Crippen LogP contribution in [0, 0.1) is 4.91 Å². The summed E-state index contributed by atoms with van der Waals surface area (Å²) in [6, 6.07) is 0. The Labute approximate surface area is 48.9 Å². The molecule has 0 aliphatic rings. The predicted molar refractivity (Wildman–Crippen MR) is 33.2 cm³/mol. The summed E-state index contributed by atoms with van der Waals surface area (Å²) in [5, 5.41) is 4.00. The number of nitroso groups, excluding NO2 is 1. The summed E-state index contributed by atoms with van der Waals surface area (Å²) in [6.45, 7) is 4.16. The molecule has 0 radical (unpaired) electrons. The van der Waals surface area contributed by atoms with E-state index in [1.165, 1.54) is 5.01 Å². The van der Waals surface area contributed by atoms with E-state index in [1.54, 1.807) is 13.1 Å². The van der Waals surface area contributed by atoms with Gasteiger partial charge in [-0.25, -0.2) is 0 Å². The number of rotatable bonds is 4. The molecule has 0 fully saturated rings. The van der Waals surface area contributed by atoms with Crippen LogP contribution in [0.25, 0.3) is 0 Å². The fourth-order valence-corrected chi connectivity index (χ4v) is 0.319. The van der Waals surface area contributed by atoms with Crippen LogP contribution in [0.15, 0.2) is 17.9 Å². The zero-order valence-electron chi connectivity index (χ0n) is 5.00. The monoisotopic (exact) mass is 114 g/mol. The minimum absolute atomic E-state index is 0.660. The van der Waals surface area contributed by atoms with Gasteiger partial charge < -0.3 is 0 Å². The van der Waals surface area contributed by atoms with Crippen LogP contribution in [0.5, 0.6) is 0 Å². The summed E-state index contributed by atoms with van der Waals surface area (Å²) >= 11 is 0. The van der Waals surface area contributed by atoms with Crippen LogP contribution in [0.4, 0.5) is 0 Å². The van der Waals surface area contributed by atoms with Crippen molar-refractivity contribution in [2.45, 2.75) is 6.42 Å². The molecule has 0 saturated heterocycles. The van der Waals surface area contributed by atoms with Crippen LogP contribution >= 0.6 is 0 Å². The van der Waals surface area contributed by atoms with Crippen molar-refractivity contribution >= 4 is 0 Å². The van der Waals surface area contributed by atoms with Crippen molar-refractivity contribution in [3.63, 3.8) is 0 Å². The van der Waals surface area contributed by atoms with Gasteiger partial charge in [0.2, 0.25) is 0 Å². The van der Waals surface area contributed by atoms with Crippen molar-refractivity contribution in [3.8, 4) is 0 Å². The second-order valence-corrected chi connectivity index (χ2v) is 1.54. The summed E-state index contributed by atoms with van der Waals surface area (Å²) in [5.41, 5.74) is 0. The average Bonchev–Trinajstić information content (AvgIpc) is 1.83. The molecule has 0 aromatic rings. The summed E-state index contributed by atoms with van der Waals surface area (Å²) in [7, 11) is 1.64. The first-order valence-corrected chi connectivity index (χ1v) is 2.46. The molecule has 0 N–H and O–H groups in total. The molecule has 0 rings (SSSR count). The number of hydrogen-bond acceptors (Lipinski definition) is 2. The molecule has 0 aliphatic heterocycles. The van der Waals surface area contributed by atoms with Gasteiger partial charge in [-0.1, -0.05) is 6.08 Å². The van der Waals surface area contributed by atoms with Crippen molar-refractivity contribution in [2.24, 2.45) is 5.29 Å². The predicted octanol–water partition coefficient (Wildman–Crippen LogP) is 1.18. The standard InChI is InChI=1S/C5H10N2O/c1-3-4-5-7(2)6-8/h3H,1,4-5H2,2H3. The highest BCUT2D eigenvalue weighted by Gasteiger charge is 1.87. The molecule has 0 aromatic carbocycles. The largest absolute Gasteiger partial charge is 0.264 e. The Morgan fingerprint density at radius 3 is 2.88 bits per heavy atom. The molecule has 8 heavy (non-hydrogen) atoms. The van der Waals surface area contributed by atoms with Gasteiger partial charge in [-0.2, -0.15) is 0 Å².